The molecule has 1 aliphatic rings. The third-order valence-corrected chi connectivity index (χ3v) is 5.73. The Hall–Kier alpha value is -3.11. The summed E-state index contributed by atoms with van der Waals surface area (Å²) in [6.45, 7) is 2.87. The number of hydrogen-bond donors (Lipinski definition) is 1. The third kappa shape index (κ3) is 5.68. The molecule has 34 heavy (non-hydrogen) atoms. The van der Waals surface area contributed by atoms with Crippen LogP contribution in [0.2, 0.25) is 0 Å². The van der Waals surface area contributed by atoms with Gasteiger partial charge in [-0.15, -0.1) is 0 Å². The van der Waals surface area contributed by atoms with Gasteiger partial charge < -0.3 is 10.2 Å². The number of halogens is 7. The number of carbonyl (C=O) groups is 2. The van der Waals surface area contributed by atoms with Gasteiger partial charge in [-0.1, -0.05) is 6.07 Å². The van der Waals surface area contributed by atoms with Crippen molar-refractivity contribution in [2.24, 2.45) is 0 Å². The van der Waals surface area contributed by atoms with Gasteiger partial charge in [0.25, 0.3) is 0 Å². The van der Waals surface area contributed by atoms with Crippen molar-refractivity contribution in [1.82, 2.24) is 10.2 Å². The van der Waals surface area contributed by atoms with E-state index in [0.717, 1.165) is 0 Å². The largest absolute Gasteiger partial charge is 0.416 e. The molecule has 0 spiro atoms. The van der Waals surface area contributed by atoms with Gasteiger partial charge in [0.15, 0.2) is 0 Å². The number of aryl methyl sites for hydroxylation is 1. The minimum Gasteiger partial charge on any atom is -0.331 e. The molecule has 0 radical (unpaired) electrons. The number of Topliss-reactive ketones (excluding diaryl/α,β-unsaturated/α-hetero) is 1. The molecule has 0 aliphatic carbocycles. The van der Waals surface area contributed by atoms with E-state index < -0.39 is 47.4 Å². The van der Waals surface area contributed by atoms with Crippen LogP contribution in [0.25, 0.3) is 0 Å². The summed E-state index contributed by atoms with van der Waals surface area (Å²) in [5, 5.41) is 2.44. The lowest BCUT2D eigenvalue weighted by molar-refractivity contribution is -0.143. The van der Waals surface area contributed by atoms with Crippen LogP contribution in [0.1, 0.15) is 59.7 Å². The fraction of sp³-hybridized carbons (Fsp3) is 0.391. The molecule has 11 heteroatoms. The Balaban J connectivity index is 1.90. The lowest BCUT2D eigenvalue weighted by Gasteiger charge is -2.37. The van der Waals surface area contributed by atoms with Crippen LogP contribution in [0.4, 0.5) is 35.5 Å². The zero-order valence-electron chi connectivity index (χ0n) is 18.1. The highest BCUT2D eigenvalue weighted by atomic mass is 19.4. The van der Waals surface area contributed by atoms with Crippen molar-refractivity contribution in [1.29, 1.82) is 0 Å². The van der Waals surface area contributed by atoms with Gasteiger partial charge in [0, 0.05) is 19.4 Å². The summed E-state index contributed by atoms with van der Waals surface area (Å²) in [7, 11) is 0. The average Bonchev–Trinajstić information content (AvgIpc) is 2.72. The Morgan fingerprint density at radius 3 is 2.15 bits per heavy atom. The van der Waals surface area contributed by atoms with E-state index in [1.807, 2.05) is 0 Å². The summed E-state index contributed by atoms with van der Waals surface area (Å²) in [4.78, 5) is 26.3. The molecule has 0 bridgehead atoms. The van der Waals surface area contributed by atoms with Crippen molar-refractivity contribution >= 4 is 11.8 Å². The van der Waals surface area contributed by atoms with Gasteiger partial charge in [-0.05, 0) is 60.9 Å². The number of urea groups is 1. The quantitative estimate of drug-likeness (QED) is 0.510. The summed E-state index contributed by atoms with van der Waals surface area (Å²) in [5.74, 6) is -0.628. The Morgan fingerprint density at radius 1 is 1.03 bits per heavy atom. The van der Waals surface area contributed by atoms with Crippen LogP contribution < -0.4 is 5.32 Å². The first-order valence-corrected chi connectivity index (χ1v) is 10.3. The molecule has 0 saturated carbocycles. The van der Waals surface area contributed by atoms with Crippen molar-refractivity contribution in [3.8, 4) is 0 Å². The predicted octanol–water partition coefficient (Wildman–Crippen LogP) is 6.35. The molecule has 2 atom stereocenters. The SMILES string of the molecule is Cc1cc(F)ccc1[C@H]1CC(=O)CCN1C(=O)N[C@H](C)c1cc(C(F)(F)F)cc(C(F)(F)F)c1. The molecule has 4 nitrogen and oxygen atoms in total. The van der Waals surface area contributed by atoms with Gasteiger partial charge in [0.2, 0.25) is 0 Å². The van der Waals surface area contributed by atoms with E-state index in [2.05, 4.69) is 5.32 Å². The maximum atomic E-state index is 13.5. The molecule has 3 rings (SSSR count). The van der Waals surface area contributed by atoms with Crippen LogP contribution in [0, 0.1) is 12.7 Å². The number of nitrogens with one attached hydrogen (secondary N) is 1. The van der Waals surface area contributed by atoms with E-state index in [1.54, 1.807) is 6.92 Å². The first-order chi connectivity index (χ1) is 15.7. The van der Waals surface area contributed by atoms with Crippen LogP contribution in [-0.4, -0.2) is 23.3 Å². The van der Waals surface area contributed by atoms with Crippen LogP contribution >= 0.6 is 0 Å². The van der Waals surface area contributed by atoms with E-state index in [-0.39, 0.29) is 36.8 Å². The highest BCUT2D eigenvalue weighted by Crippen LogP contribution is 2.38. The fourth-order valence-electron chi connectivity index (χ4n) is 3.94. The Bertz CT molecular complexity index is 1060. The highest BCUT2D eigenvalue weighted by molar-refractivity contribution is 5.84. The van der Waals surface area contributed by atoms with Gasteiger partial charge in [0.05, 0.1) is 23.2 Å². The Labute approximate surface area is 190 Å². The normalized spacial score (nSPS) is 18.1. The number of nitrogens with zero attached hydrogens (tertiary/aromatic N) is 1. The van der Waals surface area contributed by atoms with Crippen LogP contribution in [0.3, 0.4) is 0 Å². The standard InChI is InChI=1S/C23H21F7N2O2/c1-12-7-17(24)3-4-19(12)20-11-18(33)5-6-32(20)21(34)31-13(2)14-8-15(22(25,26)27)10-16(9-14)23(28,29)30/h3-4,7-10,13,20H,5-6,11H2,1-2H3,(H,31,34)/t13-,20-/m1/s1. The van der Waals surface area contributed by atoms with Crippen LogP contribution in [0.5, 0.6) is 0 Å². The fourth-order valence-corrected chi connectivity index (χ4v) is 3.94. The summed E-state index contributed by atoms with van der Waals surface area (Å²) in [6.07, 6.45) is -10.0. The Kier molecular flexibility index (Phi) is 6.95. The van der Waals surface area contributed by atoms with Crippen molar-refractivity contribution in [2.75, 3.05) is 6.54 Å². The number of hydrogen-bond acceptors (Lipinski definition) is 2. The van der Waals surface area contributed by atoms with Crippen molar-refractivity contribution < 1.29 is 40.3 Å². The van der Waals surface area contributed by atoms with Gasteiger partial charge in [0.1, 0.15) is 11.6 Å². The minimum absolute atomic E-state index is 0.00470. The minimum atomic E-state index is -5.02. The number of alkyl halides is 6. The first-order valence-electron chi connectivity index (χ1n) is 10.3. The molecule has 1 aliphatic heterocycles. The smallest absolute Gasteiger partial charge is 0.331 e. The number of likely N-dealkylation sites (tertiary alicyclic amines) is 1. The maximum Gasteiger partial charge on any atom is 0.416 e. The molecule has 2 aromatic carbocycles. The summed E-state index contributed by atoms with van der Waals surface area (Å²) < 4.78 is 92.6. The van der Waals surface area contributed by atoms with Crippen molar-refractivity contribution in [3.05, 3.63) is 70.0 Å². The van der Waals surface area contributed by atoms with E-state index in [0.29, 0.717) is 23.3 Å². The number of benzene rings is 2. The van der Waals surface area contributed by atoms with Gasteiger partial charge in [-0.2, -0.15) is 26.3 Å². The molecule has 184 valence electrons. The number of carbonyl (C=O) groups excluding carboxylic acids is 2. The molecular formula is C23H21F7N2O2. The molecule has 1 N–H and O–H groups in total. The topological polar surface area (TPSA) is 49.4 Å². The monoisotopic (exact) mass is 490 g/mol. The molecule has 0 aromatic heterocycles. The maximum absolute atomic E-state index is 13.5. The lowest BCUT2D eigenvalue weighted by atomic mass is 9.91. The van der Waals surface area contributed by atoms with Crippen molar-refractivity contribution in [2.45, 2.75) is 51.1 Å². The summed E-state index contributed by atoms with van der Waals surface area (Å²) in [5.41, 5.74) is -2.32. The van der Waals surface area contributed by atoms with Crippen molar-refractivity contribution in [3.63, 3.8) is 0 Å². The third-order valence-electron chi connectivity index (χ3n) is 5.73. The van der Waals surface area contributed by atoms with E-state index in [9.17, 15) is 40.3 Å². The zero-order chi connectivity index (χ0) is 25.4. The Morgan fingerprint density at radius 2 is 1.62 bits per heavy atom. The van der Waals surface area contributed by atoms with E-state index in [1.165, 1.54) is 30.0 Å². The second kappa shape index (κ2) is 9.27. The number of piperidine rings is 1. The van der Waals surface area contributed by atoms with E-state index >= 15 is 0 Å². The van der Waals surface area contributed by atoms with Crippen LogP contribution in [0.15, 0.2) is 36.4 Å². The summed E-state index contributed by atoms with van der Waals surface area (Å²) >= 11 is 0. The van der Waals surface area contributed by atoms with Gasteiger partial charge in [-0.3, -0.25) is 4.79 Å². The first kappa shape index (κ1) is 25.5. The number of rotatable bonds is 3. The predicted molar refractivity (Wildman–Crippen MR) is 108 cm³/mol. The zero-order valence-corrected chi connectivity index (χ0v) is 18.1. The number of amides is 2. The number of ketones is 1. The lowest BCUT2D eigenvalue weighted by Crippen LogP contribution is -2.47. The molecule has 1 heterocycles. The second-order valence-electron chi connectivity index (χ2n) is 8.21. The molecular weight excluding hydrogens is 469 g/mol. The highest BCUT2D eigenvalue weighted by Gasteiger charge is 2.38. The molecule has 0 unspecified atom stereocenters. The molecule has 2 amide bonds. The second-order valence-corrected chi connectivity index (χ2v) is 8.21. The molecule has 1 fully saturated rings. The summed E-state index contributed by atoms with van der Waals surface area (Å²) in [6, 6.07) is 2.28. The van der Waals surface area contributed by atoms with Gasteiger partial charge in [-0.25, -0.2) is 9.18 Å². The molecule has 1 saturated heterocycles. The van der Waals surface area contributed by atoms with E-state index in [4.69, 9.17) is 0 Å². The van der Waals surface area contributed by atoms with Crippen LogP contribution in [-0.2, 0) is 17.1 Å². The molecule has 2 aromatic rings. The van der Waals surface area contributed by atoms with Gasteiger partial charge >= 0.3 is 18.4 Å². The average molecular weight is 490 g/mol.